The third kappa shape index (κ3) is 2.25. The minimum atomic E-state index is -0.265. The van der Waals surface area contributed by atoms with Crippen LogP contribution in [0.25, 0.3) is 0 Å². The van der Waals surface area contributed by atoms with E-state index in [2.05, 4.69) is 0 Å². The molecule has 0 spiro atoms. The number of para-hydroxylation sites is 1. The molecule has 0 aliphatic rings. The molecule has 0 amide bonds. The van der Waals surface area contributed by atoms with Gasteiger partial charge in [-0.05, 0) is 42.8 Å². The molecule has 0 aromatic heterocycles. The largest absolute Gasteiger partial charge is 0.342 e. The summed E-state index contributed by atoms with van der Waals surface area (Å²) in [6.45, 7) is 1.90. The Morgan fingerprint density at radius 3 is 2.44 bits per heavy atom. The standard InChI is InChI=1S/C15H14FNO/c1-11-9-12(10-18)7-8-14(11)17(2)15-6-4-3-5-13(15)16/h3-10H,1-2H3. The van der Waals surface area contributed by atoms with Gasteiger partial charge < -0.3 is 4.90 Å². The summed E-state index contributed by atoms with van der Waals surface area (Å²) in [5.74, 6) is -0.265. The Hall–Kier alpha value is -2.16. The number of carbonyl (C=O) groups is 1. The van der Waals surface area contributed by atoms with Crippen molar-refractivity contribution in [1.29, 1.82) is 0 Å². The van der Waals surface area contributed by atoms with Crippen LogP contribution in [-0.2, 0) is 0 Å². The highest BCUT2D eigenvalue weighted by Crippen LogP contribution is 2.28. The zero-order chi connectivity index (χ0) is 13.1. The molecule has 2 aromatic rings. The molecule has 92 valence electrons. The third-order valence-electron chi connectivity index (χ3n) is 2.93. The second kappa shape index (κ2) is 5.00. The number of aldehydes is 1. The van der Waals surface area contributed by atoms with Crippen LogP contribution in [0.1, 0.15) is 15.9 Å². The van der Waals surface area contributed by atoms with E-state index in [0.717, 1.165) is 17.5 Å². The summed E-state index contributed by atoms with van der Waals surface area (Å²) < 4.78 is 13.7. The van der Waals surface area contributed by atoms with E-state index >= 15 is 0 Å². The van der Waals surface area contributed by atoms with Crippen molar-refractivity contribution >= 4 is 17.7 Å². The van der Waals surface area contributed by atoms with E-state index in [1.807, 2.05) is 13.0 Å². The van der Waals surface area contributed by atoms with Crippen molar-refractivity contribution in [3.8, 4) is 0 Å². The molecule has 3 heteroatoms. The van der Waals surface area contributed by atoms with E-state index in [-0.39, 0.29) is 5.82 Å². The molecule has 0 N–H and O–H groups in total. The third-order valence-corrected chi connectivity index (χ3v) is 2.93. The molecule has 0 heterocycles. The van der Waals surface area contributed by atoms with Crippen LogP contribution in [0.5, 0.6) is 0 Å². The Labute approximate surface area is 106 Å². The van der Waals surface area contributed by atoms with Crippen LogP contribution < -0.4 is 4.90 Å². The maximum absolute atomic E-state index is 13.7. The number of anilines is 2. The number of aryl methyl sites for hydroxylation is 1. The number of carbonyl (C=O) groups excluding carboxylic acids is 1. The number of rotatable bonds is 3. The predicted octanol–water partition coefficient (Wildman–Crippen LogP) is 3.71. The lowest BCUT2D eigenvalue weighted by Crippen LogP contribution is -2.12. The average molecular weight is 243 g/mol. The molecule has 2 rings (SSSR count). The molecule has 0 saturated heterocycles. The van der Waals surface area contributed by atoms with Gasteiger partial charge in [-0.2, -0.15) is 0 Å². The number of hydrogen-bond acceptors (Lipinski definition) is 2. The van der Waals surface area contributed by atoms with Gasteiger partial charge in [0.1, 0.15) is 12.1 Å². The molecule has 0 aliphatic carbocycles. The first kappa shape index (κ1) is 12.3. The minimum Gasteiger partial charge on any atom is -0.342 e. The predicted molar refractivity (Wildman–Crippen MR) is 71.0 cm³/mol. The van der Waals surface area contributed by atoms with Crippen molar-refractivity contribution in [3.63, 3.8) is 0 Å². The van der Waals surface area contributed by atoms with Crippen molar-refractivity contribution in [2.75, 3.05) is 11.9 Å². The van der Waals surface area contributed by atoms with Crippen molar-refractivity contribution in [2.45, 2.75) is 6.92 Å². The summed E-state index contributed by atoms with van der Waals surface area (Å²) in [5, 5.41) is 0. The van der Waals surface area contributed by atoms with Gasteiger partial charge in [0.25, 0.3) is 0 Å². The normalized spacial score (nSPS) is 10.2. The van der Waals surface area contributed by atoms with Crippen LogP contribution in [0.3, 0.4) is 0 Å². The zero-order valence-corrected chi connectivity index (χ0v) is 10.4. The highest BCUT2D eigenvalue weighted by Gasteiger charge is 2.10. The Kier molecular flexibility index (Phi) is 3.42. The van der Waals surface area contributed by atoms with Crippen LogP contribution in [0, 0.1) is 12.7 Å². The van der Waals surface area contributed by atoms with Crippen molar-refractivity contribution in [1.82, 2.24) is 0 Å². The van der Waals surface area contributed by atoms with Gasteiger partial charge in [-0.15, -0.1) is 0 Å². The number of halogens is 1. The summed E-state index contributed by atoms with van der Waals surface area (Å²) in [7, 11) is 1.81. The van der Waals surface area contributed by atoms with E-state index in [9.17, 15) is 9.18 Å². The SMILES string of the molecule is Cc1cc(C=O)ccc1N(C)c1ccccc1F. The molecule has 0 aliphatic heterocycles. The van der Waals surface area contributed by atoms with Gasteiger partial charge in [0.15, 0.2) is 0 Å². The first-order valence-electron chi connectivity index (χ1n) is 5.67. The van der Waals surface area contributed by atoms with Crippen LogP contribution >= 0.6 is 0 Å². The van der Waals surface area contributed by atoms with Gasteiger partial charge in [-0.1, -0.05) is 12.1 Å². The smallest absolute Gasteiger partial charge is 0.150 e. The zero-order valence-electron chi connectivity index (χ0n) is 10.4. The maximum atomic E-state index is 13.7. The van der Waals surface area contributed by atoms with Gasteiger partial charge in [0.05, 0.1) is 5.69 Å². The number of hydrogen-bond donors (Lipinski definition) is 0. The molecule has 2 nitrogen and oxygen atoms in total. The lowest BCUT2D eigenvalue weighted by Gasteiger charge is -2.22. The van der Waals surface area contributed by atoms with Crippen LogP contribution in [0.15, 0.2) is 42.5 Å². The van der Waals surface area contributed by atoms with Crippen LogP contribution in [-0.4, -0.2) is 13.3 Å². The van der Waals surface area contributed by atoms with E-state index < -0.39 is 0 Å². The maximum Gasteiger partial charge on any atom is 0.150 e. The Balaban J connectivity index is 2.43. The van der Waals surface area contributed by atoms with Gasteiger partial charge in [0.2, 0.25) is 0 Å². The summed E-state index contributed by atoms with van der Waals surface area (Å²) in [6.07, 6.45) is 0.805. The molecular weight excluding hydrogens is 229 g/mol. The molecule has 2 aromatic carbocycles. The second-order valence-corrected chi connectivity index (χ2v) is 4.17. The fraction of sp³-hybridized carbons (Fsp3) is 0.133. The Morgan fingerprint density at radius 1 is 1.11 bits per heavy atom. The first-order chi connectivity index (χ1) is 8.63. The molecule has 0 bridgehead atoms. The van der Waals surface area contributed by atoms with Crippen molar-refractivity contribution in [2.24, 2.45) is 0 Å². The second-order valence-electron chi connectivity index (χ2n) is 4.17. The fourth-order valence-electron chi connectivity index (χ4n) is 1.98. The number of nitrogens with zero attached hydrogens (tertiary/aromatic N) is 1. The van der Waals surface area contributed by atoms with Gasteiger partial charge in [0, 0.05) is 18.3 Å². The van der Waals surface area contributed by atoms with E-state index in [0.29, 0.717) is 11.3 Å². The van der Waals surface area contributed by atoms with E-state index in [1.54, 1.807) is 42.3 Å². The summed E-state index contributed by atoms with van der Waals surface area (Å²) in [4.78, 5) is 12.5. The molecular formula is C15H14FNO. The Bertz CT molecular complexity index is 580. The molecule has 0 saturated carbocycles. The lowest BCUT2D eigenvalue weighted by atomic mass is 10.1. The highest BCUT2D eigenvalue weighted by molar-refractivity contribution is 5.78. The summed E-state index contributed by atoms with van der Waals surface area (Å²) >= 11 is 0. The highest BCUT2D eigenvalue weighted by atomic mass is 19.1. The summed E-state index contributed by atoms with van der Waals surface area (Å²) in [5.41, 5.74) is 2.95. The molecule has 0 unspecified atom stereocenters. The summed E-state index contributed by atoms with van der Waals surface area (Å²) in [6, 6.07) is 12.0. The van der Waals surface area contributed by atoms with Gasteiger partial charge >= 0.3 is 0 Å². The minimum absolute atomic E-state index is 0.265. The Morgan fingerprint density at radius 2 is 1.83 bits per heavy atom. The van der Waals surface area contributed by atoms with Crippen molar-refractivity contribution in [3.05, 3.63) is 59.4 Å². The quantitative estimate of drug-likeness (QED) is 0.766. The van der Waals surface area contributed by atoms with Crippen LogP contribution in [0.4, 0.5) is 15.8 Å². The van der Waals surface area contributed by atoms with Crippen LogP contribution in [0.2, 0.25) is 0 Å². The van der Waals surface area contributed by atoms with Gasteiger partial charge in [-0.3, -0.25) is 4.79 Å². The monoisotopic (exact) mass is 243 g/mol. The molecule has 18 heavy (non-hydrogen) atoms. The van der Waals surface area contributed by atoms with Gasteiger partial charge in [-0.25, -0.2) is 4.39 Å². The average Bonchev–Trinajstić information content (AvgIpc) is 2.38. The van der Waals surface area contributed by atoms with E-state index in [4.69, 9.17) is 0 Å². The van der Waals surface area contributed by atoms with Crippen molar-refractivity contribution < 1.29 is 9.18 Å². The van der Waals surface area contributed by atoms with E-state index in [1.165, 1.54) is 6.07 Å². The molecule has 0 fully saturated rings. The topological polar surface area (TPSA) is 20.3 Å². The fourth-order valence-corrected chi connectivity index (χ4v) is 1.98. The molecule has 0 radical (unpaired) electrons. The number of benzene rings is 2. The lowest BCUT2D eigenvalue weighted by molar-refractivity contribution is 0.112. The first-order valence-corrected chi connectivity index (χ1v) is 5.67. The molecule has 0 atom stereocenters.